The molecule has 0 atom stereocenters. The number of hydrogen-bond donors (Lipinski definition) is 0. The van der Waals surface area contributed by atoms with Crippen LogP contribution in [0.4, 0.5) is 0 Å². The zero-order valence-electron chi connectivity index (χ0n) is 7.28. The molecule has 0 aromatic carbocycles. The van der Waals surface area contributed by atoms with Gasteiger partial charge in [-0.1, -0.05) is 0 Å². The number of esters is 2. The second-order valence-corrected chi connectivity index (χ2v) is 4.72. The van der Waals surface area contributed by atoms with Gasteiger partial charge in [-0.05, 0) is 28.1 Å². The van der Waals surface area contributed by atoms with Crippen molar-refractivity contribution >= 4 is 39.2 Å². The highest BCUT2D eigenvalue weighted by atomic mass is 79.9. The Bertz CT molecular complexity index is 347. The normalized spacial score (nSPS) is 9.57. The van der Waals surface area contributed by atoms with Gasteiger partial charge in [0.05, 0.1) is 10.9 Å². The van der Waals surface area contributed by atoms with Gasteiger partial charge < -0.3 is 9.47 Å². The molecule has 0 aliphatic carbocycles. The van der Waals surface area contributed by atoms with Crippen molar-refractivity contribution in [3.05, 3.63) is 20.8 Å². The van der Waals surface area contributed by atoms with Crippen molar-refractivity contribution in [2.45, 2.75) is 0 Å². The largest absolute Gasteiger partial charge is 0.466 e. The first-order valence-corrected chi connectivity index (χ1v) is 5.23. The Labute approximate surface area is 92.9 Å². The molecule has 76 valence electrons. The second kappa shape index (κ2) is 5.11. The van der Waals surface area contributed by atoms with E-state index in [2.05, 4.69) is 25.4 Å². The number of rotatable bonds is 3. The number of methoxy groups -OCH3 is 1. The van der Waals surface area contributed by atoms with Crippen molar-refractivity contribution in [1.82, 2.24) is 0 Å². The lowest BCUT2D eigenvalue weighted by atomic mass is 10.5. The second-order valence-electron chi connectivity index (χ2n) is 2.26. The molecular weight excluding hydrogens is 272 g/mol. The third kappa shape index (κ3) is 3.12. The summed E-state index contributed by atoms with van der Waals surface area (Å²) in [6, 6.07) is 3.35. The molecule has 6 heteroatoms. The summed E-state index contributed by atoms with van der Waals surface area (Å²) >= 11 is 4.46. The first-order chi connectivity index (χ1) is 6.63. The Hall–Kier alpha value is -0.880. The average molecular weight is 279 g/mol. The number of hydrogen-bond acceptors (Lipinski definition) is 5. The van der Waals surface area contributed by atoms with Gasteiger partial charge in [-0.25, -0.2) is 9.59 Å². The van der Waals surface area contributed by atoms with Crippen LogP contribution in [-0.4, -0.2) is 25.7 Å². The first kappa shape index (κ1) is 11.2. The Morgan fingerprint density at radius 3 is 2.71 bits per heavy atom. The zero-order valence-corrected chi connectivity index (χ0v) is 9.68. The monoisotopic (exact) mass is 278 g/mol. The van der Waals surface area contributed by atoms with Crippen LogP contribution >= 0.6 is 27.3 Å². The molecular formula is C8H7BrO4S. The van der Waals surface area contributed by atoms with Gasteiger partial charge >= 0.3 is 11.9 Å². The predicted molar refractivity (Wildman–Crippen MR) is 54.3 cm³/mol. The maximum atomic E-state index is 11.2. The highest BCUT2D eigenvalue weighted by Gasteiger charge is 2.11. The Morgan fingerprint density at radius 1 is 1.50 bits per heavy atom. The molecule has 0 radical (unpaired) electrons. The van der Waals surface area contributed by atoms with Gasteiger partial charge in [-0.15, -0.1) is 11.3 Å². The number of carbonyl (C=O) groups is 2. The Balaban J connectivity index is 2.47. The van der Waals surface area contributed by atoms with E-state index in [1.807, 2.05) is 0 Å². The van der Waals surface area contributed by atoms with E-state index in [1.54, 1.807) is 12.1 Å². The molecule has 0 unspecified atom stereocenters. The maximum Gasteiger partial charge on any atom is 0.348 e. The number of ether oxygens (including phenoxy) is 2. The van der Waals surface area contributed by atoms with Gasteiger partial charge in [-0.3, -0.25) is 0 Å². The van der Waals surface area contributed by atoms with Crippen LogP contribution in [0.15, 0.2) is 15.9 Å². The van der Waals surface area contributed by atoms with Gasteiger partial charge in [0.15, 0.2) is 6.61 Å². The summed E-state index contributed by atoms with van der Waals surface area (Å²) in [7, 11) is 1.23. The summed E-state index contributed by atoms with van der Waals surface area (Å²) in [5.41, 5.74) is 0. The highest BCUT2D eigenvalue weighted by Crippen LogP contribution is 2.22. The molecule has 1 heterocycles. The number of halogens is 1. The van der Waals surface area contributed by atoms with Crippen molar-refractivity contribution in [3.8, 4) is 0 Å². The molecule has 0 saturated carbocycles. The van der Waals surface area contributed by atoms with Crippen molar-refractivity contribution in [2.24, 2.45) is 0 Å². The molecule has 0 bridgehead atoms. The van der Waals surface area contributed by atoms with Crippen molar-refractivity contribution in [1.29, 1.82) is 0 Å². The Kier molecular flexibility index (Phi) is 4.09. The van der Waals surface area contributed by atoms with Crippen LogP contribution in [0.1, 0.15) is 9.67 Å². The van der Waals surface area contributed by atoms with Gasteiger partial charge in [0.1, 0.15) is 4.88 Å². The van der Waals surface area contributed by atoms with Gasteiger partial charge in [0.25, 0.3) is 0 Å². The van der Waals surface area contributed by atoms with Crippen LogP contribution < -0.4 is 0 Å². The van der Waals surface area contributed by atoms with E-state index in [-0.39, 0.29) is 6.61 Å². The average Bonchev–Trinajstić information content (AvgIpc) is 2.60. The van der Waals surface area contributed by atoms with E-state index in [1.165, 1.54) is 18.4 Å². The quantitative estimate of drug-likeness (QED) is 0.792. The van der Waals surface area contributed by atoms with E-state index in [9.17, 15) is 9.59 Å². The fourth-order valence-electron chi connectivity index (χ4n) is 0.679. The van der Waals surface area contributed by atoms with E-state index in [0.717, 1.165) is 3.79 Å². The molecule has 0 N–H and O–H groups in total. The predicted octanol–water partition coefficient (Wildman–Crippen LogP) is 1.84. The summed E-state index contributed by atoms with van der Waals surface area (Å²) in [5.74, 6) is -1.10. The minimum atomic E-state index is -0.575. The lowest BCUT2D eigenvalue weighted by Crippen LogP contribution is -2.14. The third-order valence-corrected chi connectivity index (χ3v) is 2.93. The molecule has 4 nitrogen and oxygen atoms in total. The number of thiophene rings is 1. The lowest BCUT2D eigenvalue weighted by molar-refractivity contribution is -0.144. The minimum Gasteiger partial charge on any atom is -0.466 e. The SMILES string of the molecule is COC(=O)COC(=O)c1ccc(Br)s1. The molecule has 0 fully saturated rings. The van der Waals surface area contributed by atoms with Gasteiger partial charge in [0.2, 0.25) is 0 Å². The molecule has 1 rings (SSSR count). The van der Waals surface area contributed by atoms with Crippen molar-refractivity contribution in [2.75, 3.05) is 13.7 Å². The molecule has 0 spiro atoms. The van der Waals surface area contributed by atoms with E-state index >= 15 is 0 Å². The fourth-order valence-corrected chi connectivity index (χ4v) is 1.96. The number of carbonyl (C=O) groups excluding carboxylic acids is 2. The summed E-state index contributed by atoms with van der Waals surface area (Å²) < 4.78 is 9.83. The van der Waals surface area contributed by atoms with E-state index < -0.39 is 11.9 Å². The van der Waals surface area contributed by atoms with Gasteiger partial charge in [-0.2, -0.15) is 0 Å². The smallest absolute Gasteiger partial charge is 0.348 e. The molecule has 14 heavy (non-hydrogen) atoms. The third-order valence-electron chi connectivity index (χ3n) is 1.32. The minimum absolute atomic E-state index is 0.356. The Morgan fingerprint density at radius 2 is 2.21 bits per heavy atom. The van der Waals surface area contributed by atoms with Crippen LogP contribution in [0.25, 0.3) is 0 Å². The molecule has 0 saturated heterocycles. The molecule has 0 aliphatic heterocycles. The van der Waals surface area contributed by atoms with Crippen LogP contribution in [-0.2, 0) is 14.3 Å². The maximum absolute atomic E-state index is 11.2. The van der Waals surface area contributed by atoms with Gasteiger partial charge in [0, 0.05) is 0 Å². The van der Waals surface area contributed by atoms with E-state index in [4.69, 9.17) is 0 Å². The molecule has 1 aromatic heterocycles. The molecule has 0 aliphatic rings. The highest BCUT2D eigenvalue weighted by molar-refractivity contribution is 9.11. The lowest BCUT2D eigenvalue weighted by Gasteiger charge is -2.00. The summed E-state index contributed by atoms with van der Waals surface area (Å²) in [6.45, 7) is -0.356. The van der Waals surface area contributed by atoms with Crippen molar-refractivity contribution < 1.29 is 19.1 Å². The summed E-state index contributed by atoms with van der Waals surface area (Å²) in [4.78, 5) is 22.3. The standard InChI is InChI=1S/C8H7BrO4S/c1-12-7(10)4-13-8(11)5-2-3-6(9)14-5/h2-3H,4H2,1H3. The fraction of sp³-hybridized carbons (Fsp3) is 0.250. The van der Waals surface area contributed by atoms with Crippen LogP contribution in [0.5, 0.6) is 0 Å². The molecule has 1 aromatic rings. The summed E-state index contributed by atoms with van der Waals surface area (Å²) in [6.07, 6.45) is 0. The summed E-state index contributed by atoms with van der Waals surface area (Å²) in [5, 5.41) is 0. The van der Waals surface area contributed by atoms with Crippen LogP contribution in [0.2, 0.25) is 0 Å². The zero-order chi connectivity index (χ0) is 10.6. The van der Waals surface area contributed by atoms with Crippen molar-refractivity contribution in [3.63, 3.8) is 0 Å². The topological polar surface area (TPSA) is 52.6 Å². The van der Waals surface area contributed by atoms with E-state index in [0.29, 0.717) is 4.88 Å². The molecule has 0 amide bonds. The van der Waals surface area contributed by atoms with Crippen LogP contribution in [0, 0.1) is 0 Å². The van der Waals surface area contributed by atoms with Crippen LogP contribution in [0.3, 0.4) is 0 Å². The first-order valence-electron chi connectivity index (χ1n) is 3.62.